The van der Waals surface area contributed by atoms with Crippen LogP contribution in [0.2, 0.25) is 0 Å². The van der Waals surface area contributed by atoms with Crippen LogP contribution >= 0.6 is 0 Å². The van der Waals surface area contributed by atoms with Crippen LogP contribution in [0.3, 0.4) is 0 Å². The Morgan fingerprint density at radius 1 is 1.50 bits per heavy atom. The Bertz CT molecular complexity index is 496. The summed E-state index contributed by atoms with van der Waals surface area (Å²) in [6, 6.07) is 3.22. The molecule has 14 heavy (non-hydrogen) atoms. The van der Waals surface area contributed by atoms with Crippen LogP contribution in [-0.4, -0.2) is 35.0 Å². The monoisotopic (exact) mass is 259 g/mol. The molecule has 0 amide bonds. The normalized spacial score (nSPS) is 10.4. The van der Waals surface area contributed by atoms with E-state index in [0.29, 0.717) is 11.0 Å². The second-order valence-corrected chi connectivity index (χ2v) is 3.61. The summed E-state index contributed by atoms with van der Waals surface area (Å²) in [5.74, 6) is 0.227. The molecule has 0 aliphatic rings. The van der Waals surface area contributed by atoms with Gasteiger partial charge >= 0.3 is 84.4 Å². The van der Waals surface area contributed by atoms with Crippen molar-refractivity contribution in [3.05, 3.63) is 22.2 Å². The van der Waals surface area contributed by atoms with Crippen molar-refractivity contribution in [1.29, 1.82) is 0 Å². The first-order chi connectivity index (χ1) is 6.74. The minimum absolute atomic E-state index is 0.0897. The summed E-state index contributed by atoms with van der Waals surface area (Å²) < 4.78 is 13.0. The molecule has 1 aromatic carbocycles. The molecule has 0 atom stereocenters. The predicted octanol–water partition coefficient (Wildman–Crippen LogP) is 0.604. The Balaban J connectivity index is 2.82. The average molecular weight is 258 g/mol. The molecular formula is C7H5N3O3Se. The molecule has 0 fully saturated rings. The molecule has 0 spiro atoms. The van der Waals surface area contributed by atoms with E-state index in [1.165, 1.54) is 13.2 Å². The summed E-state index contributed by atoms with van der Waals surface area (Å²) in [5, 5.41) is 10.8. The molecule has 1 aromatic heterocycles. The van der Waals surface area contributed by atoms with E-state index in [2.05, 4.69) is 7.96 Å². The molecule has 2 rings (SSSR count). The Morgan fingerprint density at radius 2 is 2.29 bits per heavy atom. The van der Waals surface area contributed by atoms with Gasteiger partial charge in [0.2, 0.25) is 0 Å². The number of nitrogens with zero attached hydrogens (tertiary/aromatic N) is 3. The van der Waals surface area contributed by atoms with Gasteiger partial charge in [-0.2, -0.15) is 0 Å². The second-order valence-electron chi connectivity index (χ2n) is 2.51. The van der Waals surface area contributed by atoms with Gasteiger partial charge in [-0.05, 0) is 0 Å². The molecule has 0 unspecified atom stereocenters. The number of fused-ring (bicyclic) bond motifs is 1. The van der Waals surface area contributed by atoms with Gasteiger partial charge in [0.1, 0.15) is 0 Å². The van der Waals surface area contributed by atoms with Gasteiger partial charge in [-0.25, -0.2) is 0 Å². The number of benzene rings is 1. The van der Waals surface area contributed by atoms with E-state index < -0.39 is 4.92 Å². The van der Waals surface area contributed by atoms with Gasteiger partial charge < -0.3 is 0 Å². The van der Waals surface area contributed by atoms with Gasteiger partial charge in [-0.3, -0.25) is 0 Å². The Morgan fingerprint density at radius 3 is 2.93 bits per heavy atom. The van der Waals surface area contributed by atoms with Crippen molar-refractivity contribution < 1.29 is 9.66 Å². The molecule has 0 bridgehead atoms. The van der Waals surface area contributed by atoms with E-state index in [4.69, 9.17) is 4.74 Å². The summed E-state index contributed by atoms with van der Waals surface area (Å²) in [6.45, 7) is 0. The van der Waals surface area contributed by atoms with Crippen molar-refractivity contribution in [2.75, 3.05) is 7.11 Å². The molecule has 0 aliphatic heterocycles. The van der Waals surface area contributed by atoms with Crippen LogP contribution in [-0.2, 0) is 0 Å². The molecule has 0 saturated carbocycles. The second kappa shape index (κ2) is 3.36. The zero-order chi connectivity index (χ0) is 10.1. The fourth-order valence-corrected chi connectivity index (χ4v) is 2.29. The maximum atomic E-state index is 10.8. The van der Waals surface area contributed by atoms with E-state index in [9.17, 15) is 10.1 Å². The standard InChI is InChI=1S/C7H5N3O3Se/c1-13-5-3-2-4-6(9-14-8-4)7(5)10(11)12/h2-3H,1H3. The van der Waals surface area contributed by atoms with Crippen molar-refractivity contribution in [3.63, 3.8) is 0 Å². The van der Waals surface area contributed by atoms with Crippen LogP contribution in [0, 0.1) is 10.1 Å². The quantitative estimate of drug-likeness (QED) is 0.448. The Labute approximate surface area is 84.9 Å². The van der Waals surface area contributed by atoms with E-state index in [1.807, 2.05) is 0 Å². The molecule has 0 aliphatic carbocycles. The van der Waals surface area contributed by atoms with Gasteiger partial charge in [0.05, 0.1) is 0 Å². The number of hydrogen-bond acceptors (Lipinski definition) is 5. The third-order valence-electron chi connectivity index (χ3n) is 1.77. The van der Waals surface area contributed by atoms with Gasteiger partial charge in [0.25, 0.3) is 0 Å². The van der Waals surface area contributed by atoms with Gasteiger partial charge in [-0.1, -0.05) is 0 Å². The molecular weight excluding hydrogens is 253 g/mol. The molecule has 72 valence electrons. The topological polar surface area (TPSA) is 78.2 Å². The van der Waals surface area contributed by atoms with Crippen LogP contribution in [0.5, 0.6) is 5.75 Å². The number of hydrogen-bond donors (Lipinski definition) is 0. The summed E-state index contributed by atoms with van der Waals surface area (Å²) in [5.41, 5.74) is 0.833. The molecule has 0 N–H and O–H groups in total. The van der Waals surface area contributed by atoms with E-state index in [1.54, 1.807) is 6.07 Å². The third-order valence-corrected chi connectivity index (χ3v) is 2.91. The van der Waals surface area contributed by atoms with E-state index in [-0.39, 0.29) is 26.4 Å². The first kappa shape index (κ1) is 9.11. The summed E-state index contributed by atoms with van der Waals surface area (Å²) in [4.78, 5) is 10.3. The van der Waals surface area contributed by atoms with Crippen LogP contribution in [0.1, 0.15) is 0 Å². The minimum atomic E-state index is -0.488. The SMILES string of the molecule is COc1ccc2n[se]nc2c1[N+](=O)[O-]. The van der Waals surface area contributed by atoms with E-state index >= 15 is 0 Å². The molecule has 7 heteroatoms. The molecule has 6 nitrogen and oxygen atoms in total. The van der Waals surface area contributed by atoms with Gasteiger partial charge in [0.15, 0.2) is 0 Å². The Hall–Kier alpha value is -1.46. The fraction of sp³-hybridized carbons (Fsp3) is 0.143. The first-order valence-corrected chi connectivity index (χ1v) is 5.21. The predicted molar refractivity (Wildman–Crippen MR) is 49.7 cm³/mol. The van der Waals surface area contributed by atoms with Crippen LogP contribution < -0.4 is 4.74 Å². The van der Waals surface area contributed by atoms with Crippen molar-refractivity contribution in [2.24, 2.45) is 0 Å². The van der Waals surface area contributed by atoms with Crippen LogP contribution in [0.4, 0.5) is 5.69 Å². The van der Waals surface area contributed by atoms with Crippen molar-refractivity contribution in [2.45, 2.75) is 0 Å². The number of methoxy groups -OCH3 is 1. The molecule has 0 saturated heterocycles. The van der Waals surface area contributed by atoms with Crippen molar-refractivity contribution in [1.82, 2.24) is 7.96 Å². The maximum absolute atomic E-state index is 10.8. The van der Waals surface area contributed by atoms with Crippen molar-refractivity contribution >= 4 is 31.7 Å². The number of ether oxygens (including phenoxy) is 1. The van der Waals surface area contributed by atoms with Gasteiger partial charge in [0, 0.05) is 0 Å². The van der Waals surface area contributed by atoms with Gasteiger partial charge in [-0.15, -0.1) is 0 Å². The molecule has 2 aromatic rings. The number of nitro benzene ring substituents is 1. The summed E-state index contributed by atoms with van der Waals surface area (Å²) in [7, 11) is 1.39. The zero-order valence-corrected chi connectivity index (χ0v) is 8.84. The molecule has 0 radical (unpaired) electrons. The fourth-order valence-electron chi connectivity index (χ4n) is 1.16. The van der Waals surface area contributed by atoms with Crippen LogP contribution in [0.15, 0.2) is 12.1 Å². The summed E-state index contributed by atoms with van der Waals surface area (Å²) >= 11 is -0.264. The first-order valence-electron chi connectivity index (χ1n) is 3.67. The third kappa shape index (κ3) is 1.26. The van der Waals surface area contributed by atoms with Crippen molar-refractivity contribution in [3.8, 4) is 5.75 Å². The Kier molecular flexibility index (Phi) is 2.18. The average Bonchev–Trinajstić information content (AvgIpc) is 2.62. The van der Waals surface area contributed by atoms with E-state index in [0.717, 1.165) is 0 Å². The zero-order valence-electron chi connectivity index (χ0n) is 7.13. The molecule has 1 heterocycles. The number of aromatic nitrogens is 2. The summed E-state index contributed by atoms with van der Waals surface area (Å²) in [6.07, 6.45) is 0. The number of rotatable bonds is 2. The number of nitro groups is 1. The van der Waals surface area contributed by atoms with Crippen LogP contribution in [0.25, 0.3) is 11.0 Å².